The number of thiophene rings is 1. The highest BCUT2D eigenvalue weighted by Gasteiger charge is 2.01. The van der Waals surface area contributed by atoms with Crippen molar-refractivity contribution in [3.8, 4) is 0 Å². The Hall–Kier alpha value is -1.34. The van der Waals surface area contributed by atoms with E-state index in [1.165, 1.54) is 0 Å². The van der Waals surface area contributed by atoms with Gasteiger partial charge in [-0.1, -0.05) is 43.0 Å². The Balaban J connectivity index is 2.34. The molecule has 2 rings (SSSR count). The zero-order valence-electron chi connectivity index (χ0n) is 7.10. The smallest absolute Gasteiger partial charge is 0.0348 e. The third kappa shape index (κ3) is 1.70. The number of hydrogen-bond acceptors (Lipinski definition) is 1. The van der Waals surface area contributed by atoms with Gasteiger partial charge in [0.2, 0.25) is 0 Å². The second kappa shape index (κ2) is 3.58. The molecule has 13 heavy (non-hydrogen) atoms. The van der Waals surface area contributed by atoms with E-state index in [1.54, 1.807) is 11.3 Å². The van der Waals surface area contributed by atoms with E-state index in [1.807, 2.05) is 47.8 Å². The molecule has 1 radical (unpaired) electrons. The van der Waals surface area contributed by atoms with E-state index >= 15 is 0 Å². The Morgan fingerprint density at radius 1 is 1.00 bits per heavy atom. The maximum absolute atomic E-state index is 5.99. The summed E-state index contributed by atoms with van der Waals surface area (Å²) in [5.74, 6) is 0. The highest BCUT2D eigenvalue weighted by Crippen LogP contribution is 2.24. The molecule has 0 spiro atoms. The summed E-state index contributed by atoms with van der Waals surface area (Å²) in [6, 6.07) is 14.1. The fourth-order valence-electron chi connectivity index (χ4n) is 1.19. The molecule has 0 bridgehead atoms. The predicted molar refractivity (Wildman–Crippen MR) is 57.6 cm³/mol. The Kier molecular flexibility index (Phi) is 2.28. The van der Waals surface area contributed by atoms with Crippen molar-refractivity contribution in [2.45, 2.75) is 0 Å². The van der Waals surface area contributed by atoms with Gasteiger partial charge >= 0.3 is 0 Å². The maximum atomic E-state index is 5.99. The van der Waals surface area contributed by atoms with Crippen LogP contribution < -0.4 is 0 Å². The van der Waals surface area contributed by atoms with Crippen LogP contribution in [0.25, 0.3) is 5.57 Å². The van der Waals surface area contributed by atoms with Gasteiger partial charge in [0.05, 0.1) is 0 Å². The number of hydrogen-bond donors (Lipinski definition) is 0. The molecule has 0 fully saturated rings. The summed E-state index contributed by atoms with van der Waals surface area (Å²) in [4.78, 5) is 1.13. The molecule has 1 aromatic heterocycles. The highest BCUT2D eigenvalue weighted by molar-refractivity contribution is 7.11. The van der Waals surface area contributed by atoms with Crippen LogP contribution in [0.2, 0.25) is 0 Å². The first-order valence-electron chi connectivity index (χ1n) is 4.09. The average molecular weight is 185 g/mol. The van der Waals surface area contributed by atoms with Crippen LogP contribution in [0.1, 0.15) is 10.4 Å². The van der Waals surface area contributed by atoms with Gasteiger partial charge in [-0.3, -0.25) is 0 Å². The molecule has 0 aliphatic carbocycles. The summed E-state index contributed by atoms with van der Waals surface area (Å²) >= 11 is 1.66. The molecule has 0 unspecified atom stereocenters. The van der Waals surface area contributed by atoms with Gasteiger partial charge in [0.1, 0.15) is 0 Å². The Morgan fingerprint density at radius 3 is 2.38 bits per heavy atom. The summed E-state index contributed by atoms with van der Waals surface area (Å²) in [5.41, 5.74) is 1.94. The summed E-state index contributed by atoms with van der Waals surface area (Å²) in [5, 5.41) is 2.03. The van der Waals surface area contributed by atoms with E-state index < -0.39 is 0 Å². The van der Waals surface area contributed by atoms with Crippen molar-refractivity contribution >= 4 is 16.9 Å². The minimum Gasteiger partial charge on any atom is -0.144 e. The molecule has 0 saturated heterocycles. The molecule has 1 aromatic carbocycles. The van der Waals surface area contributed by atoms with Crippen molar-refractivity contribution in [2.75, 3.05) is 0 Å². The minimum absolute atomic E-state index is 0.857. The van der Waals surface area contributed by atoms with Crippen molar-refractivity contribution in [1.82, 2.24) is 0 Å². The summed E-state index contributed by atoms with van der Waals surface area (Å²) in [6.45, 7) is 5.99. The first-order chi connectivity index (χ1) is 6.38. The van der Waals surface area contributed by atoms with Crippen LogP contribution in [0.15, 0.2) is 47.8 Å². The Morgan fingerprint density at radius 2 is 1.77 bits per heavy atom. The molecule has 0 amide bonds. The zero-order chi connectivity index (χ0) is 9.10. The lowest BCUT2D eigenvalue weighted by molar-refractivity contribution is 1.61. The molecule has 0 N–H and O–H groups in total. The summed E-state index contributed by atoms with van der Waals surface area (Å²) < 4.78 is 0. The molecule has 0 saturated carbocycles. The SMILES string of the molecule is [CH]=C(c1ccccc1)c1cccs1. The molecular weight excluding hydrogens is 176 g/mol. The molecule has 0 atom stereocenters. The molecule has 1 heteroatoms. The van der Waals surface area contributed by atoms with Gasteiger partial charge in [0.25, 0.3) is 0 Å². The minimum atomic E-state index is 0.857. The number of rotatable bonds is 2. The third-order valence-electron chi connectivity index (χ3n) is 1.87. The van der Waals surface area contributed by atoms with Crippen LogP contribution in [-0.2, 0) is 0 Å². The molecular formula is C12H9S. The van der Waals surface area contributed by atoms with Crippen LogP contribution in [0.4, 0.5) is 0 Å². The van der Waals surface area contributed by atoms with Crippen LogP contribution in [0, 0.1) is 6.58 Å². The van der Waals surface area contributed by atoms with Crippen molar-refractivity contribution in [1.29, 1.82) is 0 Å². The fraction of sp³-hybridized carbons (Fsp3) is 0. The standard InChI is InChI=1S/C12H9S/c1-10(12-8-5-9-13-12)11-6-3-2-4-7-11/h1-9H. The fourth-order valence-corrected chi connectivity index (χ4v) is 1.90. The molecule has 0 nitrogen and oxygen atoms in total. The first kappa shape index (κ1) is 8.27. The maximum Gasteiger partial charge on any atom is 0.0348 e. The quantitative estimate of drug-likeness (QED) is 0.670. The van der Waals surface area contributed by atoms with E-state index in [2.05, 4.69) is 0 Å². The zero-order valence-corrected chi connectivity index (χ0v) is 7.92. The van der Waals surface area contributed by atoms with Gasteiger partial charge in [-0.15, -0.1) is 11.3 Å². The Bertz CT molecular complexity index is 384. The second-order valence-electron chi connectivity index (χ2n) is 2.76. The lowest BCUT2D eigenvalue weighted by Gasteiger charge is -2.01. The van der Waals surface area contributed by atoms with Gasteiger partial charge in [0, 0.05) is 4.88 Å². The van der Waals surface area contributed by atoms with Crippen LogP contribution in [0.3, 0.4) is 0 Å². The van der Waals surface area contributed by atoms with Gasteiger partial charge < -0.3 is 0 Å². The van der Waals surface area contributed by atoms with Gasteiger partial charge in [-0.2, -0.15) is 0 Å². The number of benzene rings is 1. The van der Waals surface area contributed by atoms with Crippen LogP contribution in [-0.4, -0.2) is 0 Å². The lowest BCUT2D eigenvalue weighted by atomic mass is 10.1. The molecule has 0 aliphatic heterocycles. The van der Waals surface area contributed by atoms with Crippen LogP contribution >= 0.6 is 11.3 Å². The summed E-state index contributed by atoms with van der Waals surface area (Å²) in [6.07, 6.45) is 0. The van der Waals surface area contributed by atoms with Crippen molar-refractivity contribution < 1.29 is 0 Å². The van der Waals surface area contributed by atoms with Gasteiger partial charge in [0.15, 0.2) is 0 Å². The van der Waals surface area contributed by atoms with Crippen LogP contribution in [0.5, 0.6) is 0 Å². The van der Waals surface area contributed by atoms with Crippen molar-refractivity contribution in [3.63, 3.8) is 0 Å². The monoisotopic (exact) mass is 185 g/mol. The normalized spacial score (nSPS) is 9.85. The van der Waals surface area contributed by atoms with E-state index in [0.717, 1.165) is 16.0 Å². The molecule has 1 heterocycles. The molecule has 0 aliphatic rings. The van der Waals surface area contributed by atoms with E-state index in [4.69, 9.17) is 6.58 Å². The third-order valence-corrected chi connectivity index (χ3v) is 2.77. The topological polar surface area (TPSA) is 0 Å². The highest BCUT2D eigenvalue weighted by atomic mass is 32.1. The largest absolute Gasteiger partial charge is 0.144 e. The van der Waals surface area contributed by atoms with E-state index in [0.29, 0.717) is 0 Å². The molecule has 63 valence electrons. The Labute approximate surface area is 82.2 Å². The summed E-state index contributed by atoms with van der Waals surface area (Å²) in [7, 11) is 0. The second-order valence-corrected chi connectivity index (χ2v) is 3.70. The first-order valence-corrected chi connectivity index (χ1v) is 4.97. The molecule has 2 aromatic rings. The van der Waals surface area contributed by atoms with Crippen molar-refractivity contribution in [2.24, 2.45) is 0 Å². The van der Waals surface area contributed by atoms with Crippen molar-refractivity contribution in [3.05, 3.63) is 64.9 Å². The van der Waals surface area contributed by atoms with E-state index in [9.17, 15) is 0 Å². The lowest BCUT2D eigenvalue weighted by Crippen LogP contribution is -1.80. The van der Waals surface area contributed by atoms with Gasteiger partial charge in [-0.25, -0.2) is 0 Å². The predicted octanol–water partition coefficient (Wildman–Crippen LogP) is 3.61. The van der Waals surface area contributed by atoms with E-state index in [-0.39, 0.29) is 0 Å². The average Bonchev–Trinajstić information content (AvgIpc) is 2.71. The van der Waals surface area contributed by atoms with Gasteiger partial charge in [-0.05, 0) is 22.6 Å².